The minimum absolute atomic E-state index is 0.186. The average Bonchev–Trinajstić information content (AvgIpc) is 3.17. The molecule has 7 heteroatoms. The Morgan fingerprint density at radius 2 is 1.89 bits per heavy atom. The molecule has 0 bridgehead atoms. The first-order valence-electron chi connectivity index (χ1n) is 10.2. The van der Waals surface area contributed by atoms with Gasteiger partial charge in [0.25, 0.3) is 0 Å². The van der Waals surface area contributed by atoms with Crippen LogP contribution in [-0.2, 0) is 11.3 Å². The molecular formula is C21H32N6O. The van der Waals surface area contributed by atoms with E-state index in [1.807, 2.05) is 23.8 Å². The van der Waals surface area contributed by atoms with Crippen LogP contribution in [0.5, 0.6) is 0 Å². The molecule has 28 heavy (non-hydrogen) atoms. The zero-order valence-corrected chi connectivity index (χ0v) is 17.0. The van der Waals surface area contributed by atoms with Crippen LogP contribution in [0.3, 0.4) is 0 Å². The predicted octanol–water partition coefficient (Wildman–Crippen LogP) is 2.08. The number of nitrogens with one attached hydrogen (secondary N) is 1. The van der Waals surface area contributed by atoms with Crippen LogP contribution in [0.25, 0.3) is 5.69 Å². The van der Waals surface area contributed by atoms with E-state index >= 15 is 0 Å². The van der Waals surface area contributed by atoms with Gasteiger partial charge in [0, 0.05) is 32.7 Å². The Morgan fingerprint density at radius 1 is 1.18 bits per heavy atom. The van der Waals surface area contributed by atoms with E-state index in [1.54, 1.807) is 6.33 Å². The van der Waals surface area contributed by atoms with Crippen molar-refractivity contribution in [3.63, 3.8) is 0 Å². The van der Waals surface area contributed by atoms with E-state index in [1.165, 1.54) is 5.56 Å². The zero-order valence-electron chi connectivity index (χ0n) is 17.0. The second-order valence-corrected chi connectivity index (χ2v) is 7.39. The zero-order chi connectivity index (χ0) is 19.9. The van der Waals surface area contributed by atoms with E-state index in [4.69, 9.17) is 5.73 Å². The molecule has 1 amide bonds. The Morgan fingerprint density at radius 3 is 2.61 bits per heavy atom. The number of carbonyl (C=O) groups excluding carboxylic acids is 1. The number of aromatic nitrogens is 2. The summed E-state index contributed by atoms with van der Waals surface area (Å²) in [6, 6.07) is 7.86. The van der Waals surface area contributed by atoms with Crippen LogP contribution in [0.15, 0.2) is 36.8 Å². The van der Waals surface area contributed by atoms with E-state index in [0.29, 0.717) is 12.2 Å². The van der Waals surface area contributed by atoms with Gasteiger partial charge < -0.3 is 20.5 Å². The third-order valence-electron chi connectivity index (χ3n) is 5.35. The standard InChI is InChI=1S/C21H32N6O/c1-3-7-18(22)21(28)24-20-15-27(16-23-20)19-9-6-5-8-17(19)14-26-12-10-25(4-2)11-13-26/h5-6,8-9,15-16,18H,3-4,7,10-14,22H2,1-2H3,(H,24,28)/t18-/m0/s1. The van der Waals surface area contributed by atoms with Crippen molar-refractivity contribution in [3.8, 4) is 5.69 Å². The Hall–Kier alpha value is -2.22. The topological polar surface area (TPSA) is 79.4 Å². The van der Waals surface area contributed by atoms with Crippen LogP contribution < -0.4 is 11.1 Å². The number of amides is 1. The summed E-state index contributed by atoms with van der Waals surface area (Å²) in [4.78, 5) is 21.4. The molecule has 1 aromatic heterocycles. The van der Waals surface area contributed by atoms with Gasteiger partial charge in [-0.15, -0.1) is 0 Å². The number of nitrogens with two attached hydrogens (primary N) is 1. The Bertz CT molecular complexity index is 766. The molecule has 152 valence electrons. The number of imidazole rings is 1. The van der Waals surface area contributed by atoms with Crippen molar-refractivity contribution in [2.24, 2.45) is 5.73 Å². The number of piperazine rings is 1. The highest BCUT2D eigenvalue weighted by Crippen LogP contribution is 2.19. The fourth-order valence-corrected chi connectivity index (χ4v) is 3.58. The summed E-state index contributed by atoms with van der Waals surface area (Å²) < 4.78 is 1.97. The summed E-state index contributed by atoms with van der Waals surface area (Å²) in [5, 5.41) is 2.82. The van der Waals surface area contributed by atoms with Crippen LogP contribution in [0.2, 0.25) is 0 Å². The molecule has 3 rings (SSSR count). The summed E-state index contributed by atoms with van der Waals surface area (Å²) in [5.41, 5.74) is 8.23. The average molecular weight is 385 g/mol. The van der Waals surface area contributed by atoms with E-state index < -0.39 is 6.04 Å². The number of nitrogens with zero attached hydrogens (tertiary/aromatic N) is 4. The molecule has 0 unspecified atom stereocenters. The Balaban J connectivity index is 1.68. The lowest BCUT2D eigenvalue weighted by Gasteiger charge is -2.34. The minimum Gasteiger partial charge on any atom is -0.320 e. The summed E-state index contributed by atoms with van der Waals surface area (Å²) in [7, 11) is 0. The molecule has 0 radical (unpaired) electrons. The van der Waals surface area contributed by atoms with Crippen LogP contribution >= 0.6 is 0 Å². The smallest absolute Gasteiger partial charge is 0.242 e. The van der Waals surface area contributed by atoms with Gasteiger partial charge in [-0.1, -0.05) is 38.5 Å². The van der Waals surface area contributed by atoms with Gasteiger partial charge in [0.15, 0.2) is 5.82 Å². The van der Waals surface area contributed by atoms with Gasteiger partial charge in [-0.05, 0) is 24.6 Å². The van der Waals surface area contributed by atoms with Gasteiger partial charge in [-0.3, -0.25) is 9.69 Å². The maximum absolute atomic E-state index is 12.1. The molecule has 0 spiro atoms. The Kier molecular flexibility index (Phi) is 7.19. The van der Waals surface area contributed by atoms with E-state index in [9.17, 15) is 4.79 Å². The summed E-state index contributed by atoms with van der Waals surface area (Å²) in [6.07, 6.45) is 5.14. The molecule has 0 saturated carbocycles. The first kappa shape index (κ1) is 20.5. The van der Waals surface area contributed by atoms with Gasteiger partial charge in [0.05, 0.1) is 17.9 Å². The molecule has 1 fully saturated rings. The second-order valence-electron chi connectivity index (χ2n) is 7.39. The number of likely N-dealkylation sites (N-methyl/N-ethyl adjacent to an activating group) is 1. The maximum atomic E-state index is 12.1. The molecule has 1 saturated heterocycles. The molecule has 2 heterocycles. The number of hydrogen-bond acceptors (Lipinski definition) is 5. The van der Waals surface area contributed by atoms with Crippen LogP contribution in [0, 0.1) is 0 Å². The molecule has 1 aromatic carbocycles. The Labute approximate surface area is 167 Å². The highest BCUT2D eigenvalue weighted by molar-refractivity contribution is 5.93. The van der Waals surface area contributed by atoms with E-state index in [2.05, 4.69) is 45.2 Å². The summed E-state index contributed by atoms with van der Waals surface area (Å²) in [5.74, 6) is 0.345. The number of rotatable bonds is 8. The summed E-state index contributed by atoms with van der Waals surface area (Å²) in [6.45, 7) is 10.7. The largest absolute Gasteiger partial charge is 0.320 e. The molecule has 1 atom stereocenters. The van der Waals surface area contributed by atoms with Gasteiger partial charge in [0.2, 0.25) is 5.91 Å². The molecule has 1 aliphatic heterocycles. The quantitative estimate of drug-likeness (QED) is 0.728. The van der Waals surface area contributed by atoms with E-state index in [-0.39, 0.29) is 5.91 Å². The number of anilines is 1. The van der Waals surface area contributed by atoms with Crippen molar-refractivity contribution in [3.05, 3.63) is 42.4 Å². The first-order valence-corrected chi connectivity index (χ1v) is 10.2. The maximum Gasteiger partial charge on any atom is 0.242 e. The second kappa shape index (κ2) is 9.82. The molecule has 7 nitrogen and oxygen atoms in total. The fourth-order valence-electron chi connectivity index (χ4n) is 3.58. The summed E-state index contributed by atoms with van der Waals surface area (Å²) >= 11 is 0. The van der Waals surface area contributed by atoms with Crippen LogP contribution in [0.4, 0.5) is 5.82 Å². The van der Waals surface area contributed by atoms with Crippen molar-refractivity contribution >= 4 is 11.7 Å². The molecule has 0 aliphatic carbocycles. The number of benzene rings is 1. The van der Waals surface area contributed by atoms with Crippen molar-refractivity contribution in [1.82, 2.24) is 19.4 Å². The number of carbonyl (C=O) groups is 1. The van der Waals surface area contributed by atoms with E-state index in [0.717, 1.165) is 51.4 Å². The van der Waals surface area contributed by atoms with Gasteiger partial charge in [-0.25, -0.2) is 4.98 Å². The van der Waals surface area contributed by atoms with Crippen LogP contribution in [0.1, 0.15) is 32.3 Å². The molecule has 1 aliphatic rings. The normalized spacial score (nSPS) is 16.8. The number of para-hydroxylation sites is 1. The lowest BCUT2D eigenvalue weighted by atomic mass is 10.1. The van der Waals surface area contributed by atoms with Crippen molar-refractivity contribution in [2.45, 2.75) is 39.3 Å². The molecule has 2 aromatic rings. The first-order chi connectivity index (χ1) is 13.6. The fraction of sp³-hybridized carbons (Fsp3) is 0.524. The highest BCUT2D eigenvalue weighted by atomic mass is 16.2. The third-order valence-corrected chi connectivity index (χ3v) is 5.35. The van der Waals surface area contributed by atoms with Gasteiger partial charge in [0.1, 0.15) is 6.33 Å². The van der Waals surface area contributed by atoms with Crippen molar-refractivity contribution < 1.29 is 4.79 Å². The molecular weight excluding hydrogens is 352 g/mol. The van der Waals surface area contributed by atoms with Gasteiger partial charge in [-0.2, -0.15) is 0 Å². The van der Waals surface area contributed by atoms with Crippen molar-refractivity contribution in [2.75, 3.05) is 38.0 Å². The van der Waals surface area contributed by atoms with Gasteiger partial charge >= 0.3 is 0 Å². The molecule has 3 N–H and O–H groups in total. The third kappa shape index (κ3) is 5.19. The van der Waals surface area contributed by atoms with Crippen LogP contribution in [-0.4, -0.2) is 64.0 Å². The van der Waals surface area contributed by atoms with Crippen molar-refractivity contribution in [1.29, 1.82) is 0 Å². The highest BCUT2D eigenvalue weighted by Gasteiger charge is 2.18. The SMILES string of the molecule is CCC[C@H](N)C(=O)Nc1cn(-c2ccccc2CN2CCN(CC)CC2)cn1. The monoisotopic (exact) mass is 384 g/mol. The number of hydrogen-bond donors (Lipinski definition) is 2. The lowest BCUT2D eigenvalue weighted by molar-refractivity contribution is -0.117. The minimum atomic E-state index is -0.496. The predicted molar refractivity (Wildman–Crippen MR) is 112 cm³/mol. The lowest BCUT2D eigenvalue weighted by Crippen LogP contribution is -2.45.